The topological polar surface area (TPSA) is 0 Å². The first-order valence-electron chi connectivity index (χ1n) is 3.39. The number of fused-ring (bicyclic) bond motifs is 1. The maximum absolute atomic E-state index is 3.56. The van der Waals surface area contributed by atoms with Crippen LogP contribution in [-0.4, -0.2) is 0 Å². The Morgan fingerprint density at radius 1 is 1.27 bits per heavy atom. The van der Waals surface area contributed by atoms with Gasteiger partial charge in [0.25, 0.3) is 0 Å². The fraction of sp³-hybridized carbons (Fsp3) is 0.111. The lowest BCUT2D eigenvalue weighted by Crippen LogP contribution is -1.82. The van der Waals surface area contributed by atoms with Gasteiger partial charge in [-0.2, -0.15) is 0 Å². The molecule has 1 aliphatic rings. The molecule has 0 bridgehead atoms. The summed E-state index contributed by atoms with van der Waals surface area (Å²) >= 11 is 7.00. The zero-order chi connectivity index (χ0) is 7.84. The van der Waals surface area contributed by atoms with Gasteiger partial charge >= 0.3 is 0 Å². The average molecular weight is 274 g/mol. The van der Waals surface area contributed by atoms with Crippen LogP contribution in [0.5, 0.6) is 0 Å². The summed E-state index contributed by atoms with van der Waals surface area (Å²) in [6, 6.07) is 6.34. The molecular weight excluding hydrogens is 268 g/mol. The number of rotatable bonds is 0. The third kappa shape index (κ3) is 1.30. The minimum Gasteiger partial charge on any atom is -0.0793 e. The number of alkyl halides is 1. The van der Waals surface area contributed by atoms with Crippen molar-refractivity contribution in [1.82, 2.24) is 0 Å². The van der Waals surface area contributed by atoms with E-state index >= 15 is 0 Å². The first-order valence-corrected chi connectivity index (χ1v) is 5.10. The molecule has 0 nitrogen and oxygen atoms in total. The molecule has 1 aromatic carbocycles. The Morgan fingerprint density at radius 3 is 2.91 bits per heavy atom. The number of hydrogen-bond donors (Lipinski definition) is 0. The van der Waals surface area contributed by atoms with Gasteiger partial charge in [-0.15, -0.1) is 0 Å². The van der Waals surface area contributed by atoms with Gasteiger partial charge in [-0.25, -0.2) is 0 Å². The maximum atomic E-state index is 3.56. The lowest BCUT2D eigenvalue weighted by atomic mass is 10.1. The number of hydrogen-bond acceptors (Lipinski definition) is 0. The smallest absolute Gasteiger partial charge is 0.0584 e. The monoisotopic (exact) mass is 272 g/mol. The maximum Gasteiger partial charge on any atom is 0.0584 e. The summed E-state index contributed by atoms with van der Waals surface area (Å²) in [5.41, 5.74) is 2.66. The fourth-order valence-corrected chi connectivity index (χ4v) is 2.18. The average Bonchev–Trinajstić information content (AvgIpc) is 2.32. The van der Waals surface area contributed by atoms with Gasteiger partial charge in [0.2, 0.25) is 0 Å². The Labute approximate surface area is 82.6 Å². The SMILES string of the molecule is Brc1ccc2c(c1)C=CC2Br. The minimum atomic E-state index is 0.408. The zero-order valence-corrected chi connectivity index (χ0v) is 8.89. The molecule has 0 aliphatic heterocycles. The van der Waals surface area contributed by atoms with Crippen LogP contribution in [0, 0.1) is 0 Å². The highest BCUT2D eigenvalue weighted by atomic mass is 79.9. The molecule has 0 saturated carbocycles. The Balaban J connectivity index is 2.58. The van der Waals surface area contributed by atoms with Crippen LogP contribution in [0.4, 0.5) is 0 Å². The van der Waals surface area contributed by atoms with E-state index < -0.39 is 0 Å². The summed E-state index contributed by atoms with van der Waals surface area (Å²) in [5, 5.41) is 0. The quantitative estimate of drug-likeness (QED) is 0.629. The Bertz CT molecular complexity index is 315. The summed E-state index contributed by atoms with van der Waals surface area (Å²) in [5.74, 6) is 0. The highest BCUT2D eigenvalue weighted by molar-refractivity contribution is 9.10. The third-order valence-corrected chi connectivity index (χ3v) is 3.08. The molecule has 0 heterocycles. The normalized spacial score (nSPS) is 20.4. The molecule has 1 aliphatic carbocycles. The van der Waals surface area contributed by atoms with Gasteiger partial charge in [-0.3, -0.25) is 0 Å². The Hall–Kier alpha value is -0.0800. The zero-order valence-electron chi connectivity index (χ0n) is 5.72. The third-order valence-electron chi connectivity index (χ3n) is 1.79. The second-order valence-electron chi connectivity index (χ2n) is 2.53. The van der Waals surface area contributed by atoms with Crippen LogP contribution in [0.1, 0.15) is 16.0 Å². The standard InChI is InChI=1S/C9H6Br2/c10-7-2-3-8-6(5-7)1-4-9(8)11/h1-5,9H. The van der Waals surface area contributed by atoms with Crippen molar-refractivity contribution < 1.29 is 0 Å². The molecule has 0 aromatic heterocycles. The van der Waals surface area contributed by atoms with Crippen molar-refractivity contribution in [3.05, 3.63) is 39.9 Å². The van der Waals surface area contributed by atoms with E-state index in [9.17, 15) is 0 Å². The molecule has 0 fully saturated rings. The molecule has 56 valence electrons. The van der Waals surface area contributed by atoms with E-state index in [1.807, 2.05) is 0 Å². The molecule has 1 unspecified atom stereocenters. The molecule has 2 rings (SSSR count). The summed E-state index contributed by atoms with van der Waals surface area (Å²) in [6.45, 7) is 0. The van der Waals surface area contributed by atoms with Crippen molar-refractivity contribution >= 4 is 37.9 Å². The summed E-state index contributed by atoms with van der Waals surface area (Å²) in [7, 11) is 0. The van der Waals surface area contributed by atoms with Crippen LogP contribution >= 0.6 is 31.9 Å². The van der Waals surface area contributed by atoms with Crippen LogP contribution in [0.25, 0.3) is 6.08 Å². The molecule has 2 heteroatoms. The molecule has 11 heavy (non-hydrogen) atoms. The van der Waals surface area contributed by atoms with Gasteiger partial charge in [0.1, 0.15) is 0 Å². The number of benzene rings is 1. The molecular formula is C9H6Br2. The number of halogens is 2. The molecule has 1 aromatic rings. The number of allylic oxidation sites excluding steroid dienone is 1. The highest BCUT2D eigenvalue weighted by Crippen LogP contribution is 2.35. The van der Waals surface area contributed by atoms with Gasteiger partial charge in [0, 0.05) is 4.47 Å². The molecule has 0 amide bonds. The van der Waals surface area contributed by atoms with Crippen LogP contribution < -0.4 is 0 Å². The van der Waals surface area contributed by atoms with Gasteiger partial charge in [0.15, 0.2) is 0 Å². The molecule has 0 spiro atoms. The van der Waals surface area contributed by atoms with Gasteiger partial charge < -0.3 is 0 Å². The van der Waals surface area contributed by atoms with Crippen LogP contribution in [0.3, 0.4) is 0 Å². The summed E-state index contributed by atoms with van der Waals surface area (Å²) < 4.78 is 1.14. The van der Waals surface area contributed by atoms with Crippen molar-refractivity contribution in [1.29, 1.82) is 0 Å². The van der Waals surface area contributed by atoms with E-state index in [0.29, 0.717) is 4.83 Å². The largest absolute Gasteiger partial charge is 0.0793 e. The minimum absolute atomic E-state index is 0.408. The van der Waals surface area contributed by atoms with E-state index in [4.69, 9.17) is 0 Å². The lowest BCUT2D eigenvalue weighted by molar-refractivity contribution is 1.29. The Kier molecular flexibility index (Phi) is 1.90. The lowest BCUT2D eigenvalue weighted by Gasteiger charge is -2.01. The van der Waals surface area contributed by atoms with Crippen molar-refractivity contribution in [2.75, 3.05) is 0 Å². The van der Waals surface area contributed by atoms with Gasteiger partial charge in [0.05, 0.1) is 4.83 Å². The first-order chi connectivity index (χ1) is 5.27. The van der Waals surface area contributed by atoms with Crippen molar-refractivity contribution in [2.24, 2.45) is 0 Å². The Morgan fingerprint density at radius 2 is 2.09 bits per heavy atom. The molecule has 0 radical (unpaired) electrons. The highest BCUT2D eigenvalue weighted by Gasteiger charge is 2.13. The fourth-order valence-electron chi connectivity index (χ4n) is 1.23. The molecule has 1 atom stereocenters. The predicted octanol–water partition coefficient (Wildman–Crippen LogP) is 3.91. The van der Waals surface area contributed by atoms with Gasteiger partial charge in [-0.05, 0) is 23.3 Å². The van der Waals surface area contributed by atoms with Crippen LogP contribution in [-0.2, 0) is 0 Å². The van der Waals surface area contributed by atoms with Gasteiger partial charge in [-0.1, -0.05) is 50.1 Å². The van der Waals surface area contributed by atoms with Crippen molar-refractivity contribution in [2.45, 2.75) is 4.83 Å². The van der Waals surface area contributed by atoms with E-state index in [-0.39, 0.29) is 0 Å². The van der Waals surface area contributed by atoms with Crippen LogP contribution in [0.15, 0.2) is 28.7 Å². The summed E-state index contributed by atoms with van der Waals surface area (Å²) in [4.78, 5) is 0.408. The van der Waals surface area contributed by atoms with Crippen molar-refractivity contribution in [3.8, 4) is 0 Å². The van der Waals surface area contributed by atoms with E-state index in [1.165, 1.54) is 11.1 Å². The van der Waals surface area contributed by atoms with E-state index in [0.717, 1.165) is 4.47 Å². The van der Waals surface area contributed by atoms with E-state index in [1.54, 1.807) is 0 Å². The second kappa shape index (κ2) is 2.76. The predicted molar refractivity (Wildman–Crippen MR) is 54.8 cm³/mol. The van der Waals surface area contributed by atoms with Crippen LogP contribution in [0.2, 0.25) is 0 Å². The molecule has 0 N–H and O–H groups in total. The van der Waals surface area contributed by atoms with E-state index in [2.05, 4.69) is 62.2 Å². The second-order valence-corrected chi connectivity index (χ2v) is 4.44. The van der Waals surface area contributed by atoms with Crippen molar-refractivity contribution in [3.63, 3.8) is 0 Å². The first kappa shape index (κ1) is 7.56. The molecule has 0 saturated heterocycles. The summed E-state index contributed by atoms with van der Waals surface area (Å²) in [6.07, 6.45) is 4.29.